The van der Waals surface area contributed by atoms with Crippen LogP contribution in [0.2, 0.25) is 10.0 Å². The van der Waals surface area contributed by atoms with Gasteiger partial charge >= 0.3 is 0 Å². The zero-order valence-corrected chi connectivity index (χ0v) is 20.8. The molecule has 4 aliphatic rings. The first kappa shape index (κ1) is 21.5. The van der Waals surface area contributed by atoms with Crippen LogP contribution in [-0.4, -0.2) is 10.8 Å². The number of hydrogen-bond acceptors (Lipinski definition) is 1. The Morgan fingerprint density at radius 2 is 1.48 bits per heavy atom. The van der Waals surface area contributed by atoms with Gasteiger partial charge in [0.15, 0.2) is 0 Å². The van der Waals surface area contributed by atoms with Gasteiger partial charge in [-0.3, -0.25) is 4.99 Å². The van der Waals surface area contributed by atoms with Crippen LogP contribution in [-0.2, 0) is 5.41 Å². The average molecular weight is 477 g/mol. The summed E-state index contributed by atoms with van der Waals surface area (Å²) in [5, 5.41) is 1.14. The maximum atomic E-state index is 6.26. The van der Waals surface area contributed by atoms with Crippen LogP contribution in [0.1, 0.15) is 61.0 Å². The molecule has 1 heterocycles. The van der Waals surface area contributed by atoms with Crippen molar-refractivity contribution in [2.45, 2.75) is 57.8 Å². The molecule has 0 amide bonds. The fraction of sp³-hybridized carbons (Fsp3) is 0.414. The topological polar surface area (TPSA) is 17.3 Å². The second-order valence-corrected chi connectivity index (χ2v) is 11.6. The lowest BCUT2D eigenvalue weighted by Crippen LogP contribution is -2.48. The maximum absolute atomic E-state index is 6.26. The first-order valence-corrected chi connectivity index (χ1v) is 12.9. The van der Waals surface area contributed by atoms with E-state index in [1.54, 1.807) is 5.56 Å². The number of aliphatic imine (C=N–C) groups is 1. The molecule has 0 aliphatic heterocycles. The zero-order valence-electron chi connectivity index (χ0n) is 19.3. The molecule has 4 bridgehead atoms. The Bertz CT molecular complexity index is 1200. The second kappa shape index (κ2) is 8.03. The van der Waals surface area contributed by atoms with Crippen LogP contribution in [0.4, 0.5) is 5.69 Å². The van der Waals surface area contributed by atoms with Gasteiger partial charge in [0.1, 0.15) is 0 Å². The molecule has 0 radical (unpaired) electrons. The molecule has 170 valence electrons. The van der Waals surface area contributed by atoms with E-state index in [-0.39, 0.29) is 0 Å². The van der Waals surface area contributed by atoms with Crippen molar-refractivity contribution < 1.29 is 0 Å². The minimum Gasteiger partial charge on any atom is -0.318 e. The summed E-state index contributed by atoms with van der Waals surface area (Å²) in [4.78, 5) is 4.82. The van der Waals surface area contributed by atoms with Gasteiger partial charge in [-0.25, -0.2) is 0 Å². The van der Waals surface area contributed by atoms with Gasteiger partial charge < -0.3 is 4.57 Å². The van der Waals surface area contributed by atoms with Gasteiger partial charge in [0.25, 0.3) is 0 Å². The van der Waals surface area contributed by atoms with Crippen LogP contribution in [0, 0.1) is 31.6 Å². The Hall–Kier alpha value is -2.03. The number of aromatic nitrogens is 1. The molecule has 4 saturated carbocycles. The molecule has 4 heteroatoms. The quantitative estimate of drug-likeness (QED) is 0.335. The highest BCUT2D eigenvalue weighted by atomic mass is 35.5. The number of nitrogens with zero attached hydrogens (tertiary/aromatic N) is 2. The van der Waals surface area contributed by atoms with E-state index in [1.807, 2.05) is 24.4 Å². The highest BCUT2D eigenvalue weighted by Crippen LogP contribution is 2.60. The van der Waals surface area contributed by atoms with E-state index in [4.69, 9.17) is 28.2 Å². The fourth-order valence-electron chi connectivity index (χ4n) is 7.45. The minimum atomic E-state index is 0.446. The Kier molecular flexibility index (Phi) is 5.23. The fourth-order valence-corrected chi connectivity index (χ4v) is 7.74. The highest BCUT2D eigenvalue weighted by Gasteiger charge is 2.51. The van der Waals surface area contributed by atoms with Crippen molar-refractivity contribution in [3.8, 4) is 5.69 Å². The van der Waals surface area contributed by atoms with Gasteiger partial charge in [0.2, 0.25) is 0 Å². The van der Waals surface area contributed by atoms with Crippen molar-refractivity contribution >= 4 is 35.1 Å². The van der Waals surface area contributed by atoms with Crippen LogP contribution < -0.4 is 0 Å². The molecule has 0 saturated heterocycles. The third-order valence-electron chi connectivity index (χ3n) is 8.50. The maximum Gasteiger partial charge on any atom is 0.0630 e. The summed E-state index contributed by atoms with van der Waals surface area (Å²) in [5.74, 6) is 2.92. The van der Waals surface area contributed by atoms with Crippen molar-refractivity contribution in [1.82, 2.24) is 4.57 Å². The first-order chi connectivity index (χ1) is 15.9. The predicted molar refractivity (Wildman–Crippen MR) is 139 cm³/mol. The average Bonchev–Trinajstić information content (AvgIpc) is 3.07. The van der Waals surface area contributed by atoms with Crippen LogP contribution in [0.25, 0.3) is 5.69 Å². The number of benzene rings is 2. The molecular formula is C29H30Cl2N2. The van der Waals surface area contributed by atoms with E-state index >= 15 is 0 Å². The first-order valence-electron chi connectivity index (χ1n) is 12.2. The van der Waals surface area contributed by atoms with Crippen molar-refractivity contribution in [1.29, 1.82) is 0 Å². The van der Waals surface area contributed by atoms with Gasteiger partial charge in [0, 0.05) is 28.9 Å². The van der Waals surface area contributed by atoms with Gasteiger partial charge in [-0.2, -0.15) is 0 Å². The normalized spacial score (nSPS) is 28.2. The van der Waals surface area contributed by atoms with Crippen molar-refractivity contribution in [3.05, 3.63) is 81.1 Å². The highest BCUT2D eigenvalue weighted by molar-refractivity contribution is 6.42. The Morgan fingerprint density at radius 1 is 0.848 bits per heavy atom. The predicted octanol–water partition coefficient (Wildman–Crippen LogP) is 8.62. The second-order valence-electron chi connectivity index (χ2n) is 10.8. The Morgan fingerprint density at radius 3 is 2.09 bits per heavy atom. The molecule has 1 aromatic heterocycles. The summed E-state index contributed by atoms with van der Waals surface area (Å²) in [6.45, 7) is 4.22. The summed E-state index contributed by atoms with van der Waals surface area (Å²) in [7, 11) is 0. The van der Waals surface area contributed by atoms with Crippen LogP contribution >= 0.6 is 23.2 Å². The monoisotopic (exact) mass is 476 g/mol. The van der Waals surface area contributed by atoms with E-state index < -0.39 is 0 Å². The lowest BCUT2D eigenvalue weighted by Gasteiger charge is -2.57. The molecule has 7 rings (SSSR count). The van der Waals surface area contributed by atoms with E-state index in [9.17, 15) is 0 Å². The van der Waals surface area contributed by atoms with Crippen LogP contribution in [0.15, 0.2) is 53.5 Å². The van der Waals surface area contributed by atoms with E-state index in [2.05, 4.69) is 48.7 Å². The smallest absolute Gasteiger partial charge is 0.0630 e. The van der Waals surface area contributed by atoms with Gasteiger partial charge in [-0.1, -0.05) is 35.3 Å². The Labute approximate surface area is 206 Å². The summed E-state index contributed by atoms with van der Waals surface area (Å²) in [5.41, 5.74) is 7.43. The molecule has 4 aliphatic carbocycles. The number of rotatable bonds is 4. The molecule has 2 nitrogen and oxygen atoms in total. The summed E-state index contributed by atoms with van der Waals surface area (Å²) < 4.78 is 2.19. The van der Waals surface area contributed by atoms with Crippen molar-refractivity contribution in [3.63, 3.8) is 0 Å². The summed E-state index contributed by atoms with van der Waals surface area (Å²) >= 11 is 12.4. The molecule has 0 spiro atoms. The molecule has 3 aromatic rings. The molecule has 2 aromatic carbocycles. The lowest BCUT2D eigenvalue weighted by atomic mass is 9.48. The third-order valence-corrected chi connectivity index (χ3v) is 9.24. The van der Waals surface area contributed by atoms with Crippen LogP contribution in [0.3, 0.4) is 0 Å². The van der Waals surface area contributed by atoms with E-state index in [0.29, 0.717) is 15.5 Å². The number of hydrogen-bond donors (Lipinski definition) is 0. The van der Waals surface area contributed by atoms with Gasteiger partial charge in [-0.05, 0) is 118 Å². The van der Waals surface area contributed by atoms with Crippen LogP contribution in [0.5, 0.6) is 0 Å². The largest absolute Gasteiger partial charge is 0.318 e. The van der Waals surface area contributed by atoms with Gasteiger partial charge in [0.05, 0.1) is 15.7 Å². The van der Waals surface area contributed by atoms with E-state index in [1.165, 1.54) is 38.5 Å². The molecule has 0 N–H and O–H groups in total. The molecular weight excluding hydrogens is 447 g/mol. The third kappa shape index (κ3) is 3.76. The van der Waals surface area contributed by atoms with Crippen molar-refractivity contribution in [2.75, 3.05) is 0 Å². The molecule has 4 fully saturated rings. The lowest BCUT2D eigenvalue weighted by molar-refractivity contribution is -0.00518. The molecule has 0 unspecified atom stereocenters. The van der Waals surface area contributed by atoms with E-state index in [0.717, 1.165) is 46.1 Å². The standard InChI is InChI=1S/C29H30Cl2N2/c1-18-9-23(19(2)33(18)26-7-8-27(30)28(31)13-26)17-32-25-5-3-24(4-6-25)29-14-20-10-21(15-29)12-22(11-20)16-29/h3-9,13,17,20-22H,10-12,14-16H2,1-2H3. The number of halogens is 2. The van der Waals surface area contributed by atoms with Gasteiger partial charge in [-0.15, -0.1) is 0 Å². The summed E-state index contributed by atoms with van der Waals surface area (Å²) in [6.07, 6.45) is 10.7. The summed E-state index contributed by atoms with van der Waals surface area (Å²) in [6, 6.07) is 17.1. The molecule has 0 atom stereocenters. The van der Waals surface area contributed by atoms with Crippen molar-refractivity contribution in [2.24, 2.45) is 22.7 Å². The SMILES string of the molecule is Cc1cc(C=Nc2ccc(C34CC5CC(CC(C5)C3)C4)cc2)c(C)n1-c1ccc(Cl)c(Cl)c1. The Balaban J connectivity index is 1.24. The zero-order chi connectivity index (χ0) is 22.7. The molecule has 33 heavy (non-hydrogen) atoms. The number of aryl methyl sites for hydroxylation is 1. The minimum absolute atomic E-state index is 0.446.